The maximum absolute atomic E-state index is 10.1. The van der Waals surface area contributed by atoms with Gasteiger partial charge >= 0.3 is 5.97 Å². The van der Waals surface area contributed by atoms with Crippen LogP contribution < -0.4 is 0 Å². The summed E-state index contributed by atoms with van der Waals surface area (Å²) in [6.45, 7) is 3.70. The highest BCUT2D eigenvalue weighted by Crippen LogP contribution is 2.12. The number of rotatable bonds is 2. The first kappa shape index (κ1) is 13.5. The van der Waals surface area contributed by atoms with E-state index in [-0.39, 0.29) is 6.61 Å². The van der Waals surface area contributed by atoms with Gasteiger partial charge in [-0.1, -0.05) is 0 Å². The summed E-state index contributed by atoms with van der Waals surface area (Å²) in [7, 11) is 0. The zero-order chi connectivity index (χ0) is 10.4. The molecule has 0 amide bonds. The number of carbonyl (C=O) groups is 2. The van der Waals surface area contributed by atoms with Gasteiger partial charge in [0.25, 0.3) is 5.97 Å². The zero-order valence-electron chi connectivity index (χ0n) is 7.37. The molecule has 0 saturated carbocycles. The molecular weight excluding hydrogens is 164 g/mol. The predicted molar refractivity (Wildman–Crippen MR) is 41.8 cm³/mol. The molecule has 0 atom stereocenters. The van der Waals surface area contributed by atoms with Crippen molar-refractivity contribution in [1.29, 1.82) is 0 Å². The van der Waals surface area contributed by atoms with E-state index in [9.17, 15) is 4.79 Å². The molecule has 0 unspecified atom stereocenters. The van der Waals surface area contributed by atoms with Crippen LogP contribution in [0.1, 0.15) is 20.8 Å². The van der Waals surface area contributed by atoms with Gasteiger partial charge in [0.15, 0.2) is 0 Å². The quantitative estimate of drug-likeness (QED) is 0.560. The minimum absolute atomic E-state index is 0.317. The van der Waals surface area contributed by atoms with Crippen LogP contribution in [0.15, 0.2) is 0 Å². The van der Waals surface area contributed by atoms with E-state index in [2.05, 4.69) is 0 Å². The van der Waals surface area contributed by atoms with Gasteiger partial charge in [-0.3, -0.25) is 9.59 Å². The Labute approximate surface area is 70.6 Å². The Kier molecular flexibility index (Phi) is 6.22. The van der Waals surface area contributed by atoms with E-state index in [0.717, 1.165) is 6.92 Å². The summed E-state index contributed by atoms with van der Waals surface area (Å²) in [4.78, 5) is 19.1. The number of aliphatic hydroxyl groups excluding tert-OH is 1. The fraction of sp³-hybridized carbons (Fsp3) is 0.714. The Morgan fingerprint density at radius 3 is 1.50 bits per heavy atom. The summed E-state index contributed by atoms with van der Waals surface area (Å²) >= 11 is 0. The Morgan fingerprint density at radius 2 is 1.50 bits per heavy atom. The van der Waals surface area contributed by atoms with Crippen molar-refractivity contribution >= 4 is 11.9 Å². The van der Waals surface area contributed by atoms with Crippen LogP contribution in [0.4, 0.5) is 0 Å². The maximum atomic E-state index is 10.1. The molecule has 0 aliphatic heterocycles. The van der Waals surface area contributed by atoms with Crippen LogP contribution in [0, 0.1) is 5.41 Å². The highest BCUT2D eigenvalue weighted by atomic mass is 16.4. The topological polar surface area (TPSA) is 94.8 Å². The third-order valence-electron chi connectivity index (χ3n) is 0.974. The smallest absolute Gasteiger partial charge is 0.311 e. The lowest BCUT2D eigenvalue weighted by Gasteiger charge is -2.13. The summed E-state index contributed by atoms with van der Waals surface area (Å²) in [5, 5.41) is 24.1. The molecule has 0 bridgehead atoms. The average Bonchev–Trinajstić information content (AvgIpc) is 1.86. The maximum Gasteiger partial charge on any atom is 0.311 e. The van der Waals surface area contributed by atoms with Gasteiger partial charge < -0.3 is 15.3 Å². The number of carboxylic acid groups (broad SMARTS) is 2. The first-order valence-corrected chi connectivity index (χ1v) is 3.28. The van der Waals surface area contributed by atoms with Crippen molar-refractivity contribution in [3.05, 3.63) is 0 Å². The molecule has 0 fully saturated rings. The number of hydrogen-bond donors (Lipinski definition) is 3. The Hall–Kier alpha value is -1.10. The fourth-order valence-electron chi connectivity index (χ4n) is 0.0676. The van der Waals surface area contributed by atoms with E-state index in [0.29, 0.717) is 0 Å². The molecule has 0 radical (unpaired) electrons. The molecule has 0 spiro atoms. The zero-order valence-corrected chi connectivity index (χ0v) is 7.37. The summed E-state index contributed by atoms with van der Waals surface area (Å²) in [6, 6.07) is 0. The van der Waals surface area contributed by atoms with Crippen molar-refractivity contribution in [1.82, 2.24) is 0 Å². The van der Waals surface area contributed by atoms with Crippen LogP contribution in [0.25, 0.3) is 0 Å². The Bertz CT molecular complexity index is 157. The fourth-order valence-corrected chi connectivity index (χ4v) is 0.0676. The summed E-state index contributed by atoms with van der Waals surface area (Å²) in [5.74, 6) is -1.81. The SMILES string of the molecule is CC(=O)O.CC(C)(CO)C(=O)O. The second-order valence-corrected chi connectivity index (χ2v) is 2.87. The largest absolute Gasteiger partial charge is 0.481 e. The van der Waals surface area contributed by atoms with Gasteiger partial charge in [0.05, 0.1) is 12.0 Å². The van der Waals surface area contributed by atoms with Gasteiger partial charge in [-0.15, -0.1) is 0 Å². The van der Waals surface area contributed by atoms with Crippen LogP contribution in [-0.2, 0) is 9.59 Å². The number of aliphatic hydroxyl groups is 1. The summed E-state index contributed by atoms with van der Waals surface area (Å²) < 4.78 is 0. The van der Waals surface area contributed by atoms with Gasteiger partial charge in [-0.25, -0.2) is 0 Å². The average molecular weight is 178 g/mol. The molecule has 0 aromatic rings. The third kappa shape index (κ3) is 8.90. The lowest BCUT2D eigenvalue weighted by Crippen LogP contribution is -2.27. The van der Waals surface area contributed by atoms with Crippen molar-refractivity contribution in [3.8, 4) is 0 Å². The van der Waals surface area contributed by atoms with E-state index in [1.165, 1.54) is 13.8 Å². The molecule has 5 heteroatoms. The van der Waals surface area contributed by atoms with Crippen LogP contribution in [-0.4, -0.2) is 33.9 Å². The van der Waals surface area contributed by atoms with E-state index in [4.69, 9.17) is 20.1 Å². The first-order chi connectivity index (χ1) is 5.24. The third-order valence-corrected chi connectivity index (χ3v) is 0.974. The van der Waals surface area contributed by atoms with Gasteiger partial charge in [0, 0.05) is 6.92 Å². The molecule has 0 rings (SSSR count). The van der Waals surface area contributed by atoms with Crippen molar-refractivity contribution < 1.29 is 24.9 Å². The van der Waals surface area contributed by atoms with E-state index in [1.54, 1.807) is 0 Å². The molecule has 0 heterocycles. The summed E-state index contributed by atoms with van der Waals surface area (Å²) in [6.07, 6.45) is 0. The Morgan fingerprint density at radius 1 is 1.25 bits per heavy atom. The molecule has 72 valence electrons. The second kappa shape index (κ2) is 5.54. The molecule has 0 aromatic carbocycles. The highest BCUT2D eigenvalue weighted by Gasteiger charge is 2.25. The van der Waals surface area contributed by atoms with Gasteiger partial charge in [-0.05, 0) is 13.8 Å². The van der Waals surface area contributed by atoms with Crippen molar-refractivity contribution in [2.24, 2.45) is 5.41 Å². The van der Waals surface area contributed by atoms with E-state index < -0.39 is 17.4 Å². The van der Waals surface area contributed by atoms with Crippen molar-refractivity contribution in [2.45, 2.75) is 20.8 Å². The van der Waals surface area contributed by atoms with E-state index in [1.807, 2.05) is 0 Å². The monoisotopic (exact) mass is 178 g/mol. The van der Waals surface area contributed by atoms with Crippen LogP contribution in [0.3, 0.4) is 0 Å². The first-order valence-electron chi connectivity index (χ1n) is 3.28. The number of hydrogen-bond acceptors (Lipinski definition) is 3. The van der Waals surface area contributed by atoms with E-state index >= 15 is 0 Å². The van der Waals surface area contributed by atoms with Crippen LogP contribution in [0.2, 0.25) is 0 Å². The normalized spacial score (nSPS) is 9.67. The molecule has 3 N–H and O–H groups in total. The van der Waals surface area contributed by atoms with Crippen LogP contribution in [0.5, 0.6) is 0 Å². The molecule has 0 aliphatic rings. The summed E-state index contributed by atoms with van der Waals surface area (Å²) in [5.41, 5.74) is -0.986. The van der Waals surface area contributed by atoms with Gasteiger partial charge in [0.1, 0.15) is 0 Å². The van der Waals surface area contributed by atoms with Crippen molar-refractivity contribution in [3.63, 3.8) is 0 Å². The highest BCUT2D eigenvalue weighted by molar-refractivity contribution is 5.73. The Balaban J connectivity index is 0. The molecule has 0 aliphatic carbocycles. The minimum atomic E-state index is -0.986. The molecule has 5 nitrogen and oxygen atoms in total. The van der Waals surface area contributed by atoms with Gasteiger partial charge in [-0.2, -0.15) is 0 Å². The predicted octanol–water partition coefficient (Wildman–Crippen LogP) is 0.180. The molecule has 12 heavy (non-hydrogen) atoms. The standard InChI is InChI=1S/C5H10O3.C2H4O2/c1-5(2,3-6)4(7)8;1-2(3)4/h6H,3H2,1-2H3,(H,7,8);1H3,(H,3,4). The molecular formula is C7H14O5. The number of carboxylic acids is 2. The van der Waals surface area contributed by atoms with Gasteiger partial charge in [0.2, 0.25) is 0 Å². The second-order valence-electron chi connectivity index (χ2n) is 2.87. The number of aliphatic carboxylic acids is 2. The lowest BCUT2D eigenvalue weighted by atomic mass is 9.96. The molecule has 0 saturated heterocycles. The minimum Gasteiger partial charge on any atom is -0.481 e. The molecule has 0 aromatic heterocycles. The van der Waals surface area contributed by atoms with Crippen molar-refractivity contribution in [2.75, 3.05) is 6.61 Å². The van der Waals surface area contributed by atoms with Crippen LogP contribution >= 0.6 is 0 Å². The lowest BCUT2D eigenvalue weighted by molar-refractivity contribution is -0.149.